The Morgan fingerprint density at radius 2 is 1.84 bits per heavy atom. The molecule has 3 aromatic rings. The Balaban J connectivity index is 1.70. The third kappa shape index (κ3) is 4.93. The van der Waals surface area contributed by atoms with Gasteiger partial charge in [-0.25, -0.2) is 13.4 Å². The molecule has 1 aromatic heterocycles. The number of imidazole rings is 1. The molecular formula is C24H30N2O4S. The molecule has 1 saturated heterocycles. The average molecular weight is 443 g/mol. The lowest BCUT2D eigenvalue weighted by Gasteiger charge is -2.23. The van der Waals surface area contributed by atoms with Gasteiger partial charge >= 0.3 is 0 Å². The number of rotatable bonds is 8. The summed E-state index contributed by atoms with van der Waals surface area (Å²) >= 11 is 0. The van der Waals surface area contributed by atoms with Crippen molar-refractivity contribution in [1.29, 1.82) is 0 Å². The van der Waals surface area contributed by atoms with Gasteiger partial charge in [0.25, 0.3) is 0 Å². The van der Waals surface area contributed by atoms with E-state index in [1.807, 2.05) is 25.1 Å². The van der Waals surface area contributed by atoms with E-state index in [1.54, 1.807) is 19.1 Å². The second kappa shape index (κ2) is 9.40. The molecule has 1 aliphatic rings. The first-order valence-corrected chi connectivity index (χ1v) is 12.7. The molecule has 0 N–H and O–H groups in total. The molecule has 0 radical (unpaired) electrons. The van der Waals surface area contributed by atoms with Gasteiger partial charge in [-0.05, 0) is 61.6 Å². The molecule has 0 unspecified atom stereocenters. The molecule has 6 nitrogen and oxygen atoms in total. The highest BCUT2D eigenvalue weighted by Gasteiger charge is 2.20. The SMILES string of the molecule is CCOc1ccc(Cc2nc3cc(S(=O)(=O)CC)ccc3n2CC2CCOCC2)cc1. The van der Waals surface area contributed by atoms with E-state index < -0.39 is 9.84 Å². The topological polar surface area (TPSA) is 70.4 Å². The van der Waals surface area contributed by atoms with Crippen LogP contribution in [-0.4, -0.2) is 43.5 Å². The number of fused-ring (bicyclic) bond motifs is 1. The number of aromatic nitrogens is 2. The largest absolute Gasteiger partial charge is 0.494 e. The van der Waals surface area contributed by atoms with Crippen LogP contribution in [0.25, 0.3) is 11.0 Å². The fourth-order valence-electron chi connectivity index (χ4n) is 4.10. The van der Waals surface area contributed by atoms with Crippen LogP contribution in [0.2, 0.25) is 0 Å². The van der Waals surface area contributed by atoms with Gasteiger partial charge in [-0.1, -0.05) is 19.1 Å². The number of hydrogen-bond donors (Lipinski definition) is 0. The van der Waals surface area contributed by atoms with Gasteiger partial charge in [0.05, 0.1) is 28.3 Å². The fraction of sp³-hybridized carbons (Fsp3) is 0.458. The third-order valence-electron chi connectivity index (χ3n) is 5.92. The van der Waals surface area contributed by atoms with Crippen molar-refractivity contribution in [3.63, 3.8) is 0 Å². The summed E-state index contributed by atoms with van der Waals surface area (Å²) in [5.41, 5.74) is 2.87. The Kier molecular flexibility index (Phi) is 6.62. The van der Waals surface area contributed by atoms with Crippen molar-refractivity contribution >= 4 is 20.9 Å². The van der Waals surface area contributed by atoms with E-state index in [9.17, 15) is 8.42 Å². The zero-order chi connectivity index (χ0) is 21.8. The molecule has 0 spiro atoms. The highest BCUT2D eigenvalue weighted by molar-refractivity contribution is 7.91. The van der Waals surface area contributed by atoms with E-state index >= 15 is 0 Å². The summed E-state index contributed by atoms with van der Waals surface area (Å²) in [4.78, 5) is 5.22. The molecule has 1 fully saturated rings. The summed E-state index contributed by atoms with van der Waals surface area (Å²) in [7, 11) is -3.27. The van der Waals surface area contributed by atoms with Crippen LogP contribution in [0, 0.1) is 5.92 Å². The maximum atomic E-state index is 12.4. The Morgan fingerprint density at radius 1 is 1.10 bits per heavy atom. The molecule has 0 aliphatic carbocycles. The Labute approximate surface area is 184 Å². The van der Waals surface area contributed by atoms with Crippen molar-refractivity contribution in [2.75, 3.05) is 25.6 Å². The minimum absolute atomic E-state index is 0.0837. The first-order chi connectivity index (χ1) is 15.0. The van der Waals surface area contributed by atoms with E-state index in [-0.39, 0.29) is 5.75 Å². The minimum atomic E-state index is -3.27. The molecule has 2 heterocycles. The van der Waals surface area contributed by atoms with Crippen molar-refractivity contribution in [2.45, 2.75) is 44.6 Å². The van der Waals surface area contributed by atoms with Gasteiger partial charge in [-0.3, -0.25) is 0 Å². The number of benzene rings is 2. The summed E-state index contributed by atoms with van der Waals surface area (Å²) in [5, 5.41) is 0. The number of sulfone groups is 1. The van der Waals surface area contributed by atoms with E-state index in [1.165, 1.54) is 0 Å². The van der Waals surface area contributed by atoms with Crippen molar-refractivity contribution in [1.82, 2.24) is 9.55 Å². The van der Waals surface area contributed by atoms with Crippen molar-refractivity contribution < 1.29 is 17.9 Å². The first kappa shape index (κ1) is 21.8. The monoisotopic (exact) mass is 442 g/mol. The molecule has 0 amide bonds. The molecule has 7 heteroatoms. The predicted molar refractivity (Wildman–Crippen MR) is 121 cm³/mol. The minimum Gasteiger partial charge on any atom is -0.494 e. The van der Waals surface area contributed by atoms with Crippen molar-refractivity contribution in [3.8, 4) is 5.75 Å². The fourth-order valence-corrected chi connectivity index (χ4v) is 5.00. The van der Waals surface area contributed by atoms with Crippen molar-refractivity contribution in [2.24, 2.45) is 5.92 Å². The average Bonchev–Trinajstić information content (AvgIpc) is 3.12. The van der Waals surface area contributed by atoms with Crippen LogP contribution in [0.5, 0.6) is 5.75 Å². The summed E-state index contributed by atoms with van der Waals surface area (Å²) in [5.74, 6) is 2.43. The Hall–Kier alpha value is -2.38. The summed E-state index contributed by atoms with van der Waals surface area (Å²) in [6, 6.07) is 13.4. The second-order valence-electron chi connectivity index (χ2n) is 8.00. The van der Waals surface area contributed by atoms with Gasteiger partial charge in [0.2, 0.25) is 0 Å². The number of nitrogens with zero attached hydrogens (tertiary/aromatic N) is 2. The van der Waals surface area contributed by atoms with Gasteiger partial charge in [0.15, 0.2) is 9.84 Å². The maximum absolute atomic E-state index is 12.4. The van der Waals surface area contributed by atoms with Crippen LogP contribution >= 0.6 is 0 Å². The summed E-state index contributed by atoms with van der Waals surface area (Å²) in [6.07, 6.45) is 2.75. The molecule has 2 aromatic carbocycles. The van der Waals surface area contributed by atoms with E-state index in [2.05, 4.69) is 16.7 Å². The van der Waals surface area contributed by atoms with Crippen LogP contribution in [0.4, 0.5) is 0 Å². The van der Waals surface area contributed by atoms with Gasteiger partial charge in [-0.15, -0.1) is 0 Å². The van der Waals surface area contributed by atoms with Crippen LogP contribution in [0.1, 0.15) is 38.1 Å². The highest BCUT2D eigenvalue weighted by atomic mass is 32.2. The molecule has 1 aliphatic heterocycles. The molecule has 0 saturated carbocycles. The normalized spacial score (nSPS) is 15.4. The van der Waals surface area contributed by atoms with E-state index in [0.29, 0.717) is 23.8 Å². The van der Waals surface area contributed by atoms with Crippen LogP contribution in [0.3, 0.4) is 0 Å². The highest BCUT2D eigenvalue weighted by Crippen LogP contribution is 2.26. The van der Waals surface area contributed by atoms with E-state index in [4.69, 9.17) is 14.5 Å². The smallest absolute Gasteiger partial charge is 0.178 e. The second-order valence-corrected chi connectivity index (χ2v) is 10.3. The lowest BCUT2D eigenvalue weighted by molar-refractivity contribution is 0.0614. The molecule has 166 valence electrons. The standard InChI is InChI=1S/C24H30N2O4S/c1-3-30-20-7-5-18(6-8-20)15-24-25-22-16-21(31(27,28)4-2)9-10-23(22)26(24)17-19-11-13-29-14-12-19/h5-10,16,19H,3-4,11-15,17H2,1-2H3. The Bertz CT molecular complexity index is 1130. The zero-order valence-electron chi connectivity index (χ0n) is 18.2. The van der Waals surface area contributed by atoms with Gasteiger partial charge in [0, 0.05) is 26.2 Å². The molecule has 31 heavy (non-hydrogen) atoms. The number of hydrogen-bond acceptors (Lipinski definition) is 5. The van der Waals surface area contributed by atoms with Gasteiger partial charge < -0.3 is 14.0 Å². The Morgan fingerprint density at radius 3 is 2.52 bits per heavy atom. The quantitative estimate of drug-likeness (QED) is 0.522. The number of ether oxygens (including phenoxy) is 2. The summed E-state index contributed by atoms with van der Waals surface area (Å²) in [6.45, 7) is 6.74. The third-order valence-corrected chi connectivity index (χ3v) is 7.65. The zero-order valence-corrected chi connectivity index (χ0v) is 19.0. The predicted octanol–water partition coefficient (Wildman–Crippen LogP) is 4.25. The summed E-state index contributed by atoms with van der Waals surface area (Å²) < 4.78 is 38.1. The molecule has 0 atom stereocenters. The van der Waals surface area contributed by atoms with Crippen LogP contribution < -0.4 is 4.74 Å². The molecule has 0 bridgehead atoms. The maximum Gasteiger partial charge on any atom is 0.178 e. The lowest BCUT2D eigenvalue weighted by atomic mass is 10.00. The molecular weight excluding hydrogens is 412 g/mol. The van der Waals surface area contributed by atoms with Gasteiger partial charge in [-0.2, -0.15) is 0 Å². The first-order valence-electron chi connectivity index (χ1n) is 11.0. The van der Waals surface area contributed by atoms with E-state index in [0.717, 1.165) is 60.8 Å². The van der Waals surface area contributed by atoms with Gasteiger partial charge in [0.1, 0.15) is 11.6 Å². The van der Waals surface area contributed by atoms with Crippen LogP contribution in [0.15, 0.2) is 47.4 Å². The molecule has 4 rings (SSSR count). The lowest BCUT2D eigenvalue weighted by Crippen LogP contribution is -2.21. The van der Waals surface area contributed by atoms with Crippen molar-refractivity contribution in [3.05, 3.63) is 53.9 Å². The van der Waals surface area contributed by atoms with Crippen LogP contribution in [-0.2, 0) is 27.5 Å².